The predicted octanol–water partition coefficient (Wildman–Crippen LogP) is 5.99. The van der Waals surface area contributed by atoms with Gasteiger partial charge in [0.25, 0.3) is 5.91 Å². The summed E-state index contributed by atoms with van der Waals surface area (Å²) in [5.74, 6) is 0.336. The number of benzene rings is 2. The molecule has 1 atom stereocenters. The molecule has 0 radical (unpaired) electrons. The molecule has 34 heavy (non-hydrogen) atoms. The minimum Gasteiger partial charge on any atom is -0.483 e. The maximum absolute atomic E-state index is 13.4. The monoisotopic (exact) mass is 528 g/mol. The van der Waals surface area contributed by atoms with Crippen LogP contribution in [0.3, 0.4) is 0 Å². The molecule has 1 aliphatic rings. The van der Waals surface area contributed by atoms with Gasteiger partial charge in [-0.1, -0.05) is 76.9 Å². The van der Waals surface area contributed by atoms with Crippen molar-refractivity contribution in [3.63, 3.8) is 0 Å². The maximum Gasteiger partial charge on any atom is 0.261 e. The van der Waals surface area contributed by atoms with E-state index in [1.54, 1.807) is 4.90 Å². The third kappa shape index (κ3) is 7.08. The number of hydrogen-bond donors (Lipinski definition) is 1. The molecular weight excluding hydrogens is 492 g/mol. The van der Waals surface area contributed by atoms with Crippen LogP contribution in [0.15, 0.2) is 53.0 Å². The Hall–Kier alpha value is -2.34. The summed E-state index contributed by atoms with van der Waals surface area (Å²) in [7, 11) is 0. The maximum atomic E-state index is 13.4. The third-order valence-corrected chi connectivity index (χ3v) is 7.05. The Morgan fingerprint density at radius 2 is 1.79 bits per heavy atom. The molecule has 3 rings (SSSR count). The molecule has 0 bridgehead atoms. The van der Waals surface area contributed by atoms with Gasteiger partial charge < -0.3 is 15.0 Å². The zero-order valence-corrected chi connectivity index (χ0v) is 22.4. The lowest BCUT2D eigenvalue weighted by Crippen LogP contribution is -2.52. The molecule has 2 aromatic rings. The summed E-state index contributed by atoms with van der Waals surface area (Å²) < 4.78 is 6.74. The summed E-state index contributed by atoms with van der Waals surface area (Å²) in [5, 5.41) is 3.17. The van der Waals surface area contributed by atoms with Crippen molar-refractivity contribution >= 4 is 27.7 Å². The standard InChI is InChI=1S/C28H37BrN2O3/c1-5-24(27(33)30-22-13-9-10-14-22)31(18-20-11-7-6-8-12-20)26(32)19-34-25-16-15-21(17-23(25)29)28(2,3)4/h6-8,11-12,15-17,22,24H,5,9-10,13-14,18-19H2,1-4H3,(H,30,33). The first kappa shape index (κ1) is 26.3. The SMILES string of the molecule is CCC(C(=O)NC1CCCC1)N(Cc1ccccc1)C(=O)COc1ccc(C(C)(C)C)cc1Br. The van der Waals surface area contributed by atoms with Crippen molar-refractivity contribution in [2.24, 2.45) is 0 Å². The van der Waals surface area contributed by atoms with E-state index in [1.807, 2.05) is 55.5 Å². The molecule has 1 saturated carbocycles. The van der Waals surface area contributed by atoms with E-state index >= 15 is 0 Å². The van der Waals surface area contributed by atoms with Gasteiger partial charge >= 0.3 is 0 Å². The van der Waals surface area contributed by atoms with Crippen molar-refractivity contribution in [2.45, 2.75) is 83.8 Å². The lowest BCUT2D eigenvalue weighted by molar-refractivity contribution is -0.143. The highest BCUT2D eigenvalue weighted by Crippen LogP contribution is 2.31. The number of hydrogen-bond acceptors (Lipinski definition) is 3. The van der Waals surface area contributed by atoms with Crippen LogP contribution in [0.4, 0.5) is 0 Å². The van der Waals surface area contributed by atoms with Gasteiger partial charge in [0.15, 0.2) is 6.61 Å². The molecule has 0 saturated heterocycles. The first-order valence-corrected chi connectivity index (χ1v) is 13.0. The van der Waals surface area contributed by atoms with Gasteiger partial charge in [-0.15, -0.1) is 0 Å². The first-order chi connectivity index (χ1) is 16.2. The zero-order chi connectivity index (χ0) is 24.7. The van der Waals surface area contributed by atoms with Crippen LogP contribution in [0.1, 0.15) is 70.9 Å². The molecule has 5 nitrogen and oxygen atoms in total. The quantitative estimate of drug-likeness (QED) is 0.434. The lowest BCUT2D eigenvalue weighted by Gasteiger charge is -2.31. The van der Waals surface area contributed by atoms with Gasteiger partial charge in [0, 0.05) is 12.6 Å². The fraction of sp³-hybridized carbons (Fsp3) is 0.500. The van der Waals surface area contributed by atoms with Gasteiger partial charge in [-0.05, 0) is 63.9 Å². The predicted molar refractivity (Wildman–Crippen MR) is 140 cm³/mol. The second kappa shape index (κ2) is 11.9. The van der Waals surface area contributed by atoms with Crippen LogP contribution in [0, 0.1) is 0 Å². The summed E-state index contributed by atoms with van der Waals surface area (Å²) in [6.45, 7) is 8.65. The summed E-state index contributed by atoms with van der Waals surface area (Å²) >= 11 is 3.58. The van der Waals surface area contributed by atoms with E-state index in [0.29, 0.717) is 18.7 Å². The van der Waals surface area contributed by atoms with E-state index in [0.717, 1.165) is 35.7 Å². The van der Waals surface area contributed by atoms with Crippen LogP contribution >= 0.6 is 15.9 Å². The number of rotatable bonds is 9. The summed E-state index contributed by atoms with van der Waals surface area (Å²) in [6, 6.07) is 15.4. The van der Waals surface area contributed by atoms with Crippen molar-refractivity contribution in [1.29, 1.82) is 0 Å². The summed E-state index contributed by atoms with van der Waals surface area (Å²) in [5.41, 5.74) is 2.18. The molecule has 1 N–H and O–H groups in total. The molecule has 1 aliphatic carbocycles. The van der Waals surface area contributed by atoms with Crippen molar-refractivity contribution in [2.75, 3.05) is 6.61 Å². The van der Waals surface area contributed by atoms with Crippen LogP contribution in [-0.2, 0) is 21.5 Å². The molecule has 0 aromatic heterocycles. The Bertz CT molecular complexity index is 965. The molecule has 2 amide bonds. The topological polar surface area (TPSA) is 58.6 Å². The number of halogens is 1. The highest BCUT2D eigenvalue weighted by atomic mass is 79.9. The number of carbonyl (C=O) groups excluding carboxylic acids is 2. The van der Waals surface area contributed by atoms with Crippen molar-refractivity contribution in [3.8, 4) is 5.75 Å². The highest BCUT2D eigenvalue weighted by molar-refractivity contribution is 9.10. The molecule has 0 aliphatic heterocycles. The van der Waals surface area contributed by atoms with E-state index in [4.69, 9.17) is 4.74 Å². The Labute approximate surface area is 212 Å². The van der Waals surface area contributed by atoms with Crippen LogP contribution in [0.2, 0.25) is 0 Å². The molecule has 0 spiro atoms. The van der Waals surface area contributed by atoms with E-state index in [-0.39, 0.29) is 29.9 Å². The molecular formula is C28H37BrN2O3. The van der Waals surface area contributed by atoms with Crippen LogP contribution in [0.5, 0.6) is 5.75 Å². The second-order valence-electron chi connectivity index (χ2n) is 10.1. The van der Waals surface area contributed by atoms with Crippen molar-refractivity contribution in [3.05, 3.63) is 64.1 Å². The lowest BCUT2D eigenvalue weighted by atomic mass is 9.87. The summed E-state index contributed by atoms with van der Waals surface area (Å²) in [6.07, 6.45) is 4.85. The van der Waals surface area contributed by atoms with E-state index in [9.17, 15) is 9.59 Å². The summed E-state index contributed by atoms with van der Waals surface area (Å²) in [4.78, 5) is 28.2. The largest absolute Gasteiger partial charge is 0.483 e. The molecule has 2 aromatic carbocycles. The molecule has 1 unspecified atom stereocenters. The molecule has 6 heteroatoms. The van der Waals surface area contributed by atoms with E-state index in [2.05, 4.69) is 42.0 Å². The number of ether oxygens (including phenoxy) is 1. The van der Waals surface area contributed by atoms with Crippen LogP contribution in [0.25, 0.3) is 0 Å². The Morgan fingerprint density at radius 3 is 2.38 bits per heavy atom. The van der Waals surface area contributed by atoms with Crippen molar-refractivity contribution in [1.82, 2.24) is 10.2 Å². The second-order valence-corrected chi connectivity index (χ2v) is 11.0. The van der Waals surface area contributed by atoms with Gasteiger partial charge in [-0.25, -0.2) is 0 Å². The average Bonchev–Trinajstić information content (AvgIpc) is 3.31. The van der Waals surface area contributed by atoms with Gasteiger partial charge in [-0.3, -0.25) is 9.59 Å². The Kier molecular flexibility index (Phi) is 9.17. The minimum atomic E-state index is -0.538. The zero-order valence-electron chi connectivity index (χ0n) is 20.8. The minimum absolute atomic E-state index is 0.0182. The molecule has 1 fully saturated rings. The first-order valence-electron chi connectivity index (χ1n) is 12.3. The Balaban J connectivity index is 1.75. The number of amides is 2. The smallest absolute Gasteiger partial charge is 0.261 e. The third-order valence-electron chi connectivity index (χ3n) is 6.43. The fourth-order valence-electron chi connectivity index (χ4n) is 4.37. The average molecular weight is 530 g/mol. The molecule has 184 valence electrons. The van der Waals surface area contributed by atoms with Gasteiger partial charge in [0.2, 0.25) is 5.91 Å². The fourth-order valence-corrected chi connectivity index (χ4v) is 4.87. The highest BCUT2D eigenvalue weighted by Gasteiger charge is 2.31. The van der Waals surface area contributed by atoms with Gasteiger partial charge in [-0.2, -0.15) is 0 Å². The number of nitrogens with zero attached hydrogens (tertiary/aromatic N) is 1. The number of carbonyl (C=O) groups is 2. The van der Waals surface area contributed by atoms with E-state index in [1.165, 1.54) is 5.56 Å². The van der Waals surface area contributed by atoms with Crippen molar-refractivity contribution < 1.29 is 14.3 Å². The number of nitrogens with one attached hydrogen (secondary N) is 1. The van der Waals surface area contributed by atoms with Gasteiger partial charge in [0.05, 0.1) is 4.47 Å². The van der Waals surface area contributed by atoms with E-state index < -0.39 is 6.04 Å². The van der Waals surface area contributed by atoms with Gasteiger partial charge in [0.1, 0.15) is 11.8 Å². The Morgan fingerprint density at radius 1 is 1.12 bits per heavy atom. The molecule has 0 heterocycles. The normalized spacial score (nSPS) is 15.1. The van der Waals surface area contributed by atoms with Crippen LogP contribution in [-0.4, -0.2) is 35.4 Å². The van der Waals surface area contributed by atoms with Crippen LogP contribution < -0.4 is 10.1 Å².